The molecule has 7 heteroatoms. The Kier molecular flexibility index (Phi) is 5.21. The number of aromatic nitrogens is 1. The van der Waals surface area contributed by atoms with Crippen LogP contribution in [0.2, 0.25) is 5.02 Å². The number of para-hydroxylation sites is 1. The van der Waals surface area contributed by atoms with Crippen LogP contribution in [0.4, 0.5) is 5.69 Å². The SMILES string of the molecule is O=C1CCCN1c1cc(C(=O)N2CCCC[C@@H]2c2nc3ccccc3s2)ccc1Cl. The van der Waals surface area contributed by atoms with Crippen LogP contribution in [0.15, 0.2) is 42.5 Å². The summed E-state index contributed by atoms with van der Waals surface area (Å²) in [6, 6.07) is 13.3. The number of fused-ring (bicyclic) bond motifs is 1. The van der Waals surface area contributed by atoms with E-state index in [0.29, 0.717) is 35.8 Å². The quantitative estimate of drug-likeness (QED) is 0.545. The van der Waals surface area contributed by atoms with Crippen molar-refractivity contribution < 1.29 is 9.59 Å². The Balaban J connectivity index is 1.47. The van der Waals surface area contributed by atoms with Crippen LogP contribution in [-0.4, -0.2) is 34.8 Å². The molecule has 2 saturated heterocycles. The molecule has 0 unspecified atom stereocenters. The molecule has 1 aromatic heterocycles. The summed E-state index contributed by atoms with van der Waals surface area (Å²) < 4.78 is 1.15. The lowest BCUT2D eigenvalue weighted by atomic mass is 10.0. The smallest absolute Gasteiger partial charge is 0.254 e. The summed E-state index contributed by atoms with van der Waals surface area (Å²) >= 11 is 8.04. The third-order valence-electron chi connectivity index (χ3n) is 5.92. The number of carbonyl (C=O) groups is 2. The Labute approximate surface area is 184 Å². The first-order valence-corrected chi connectivity index (χ1v) is 11.6. The summed E-state index contributed by atoms with van der Waals surface area (Å²) in [7, 11) is 0. The summed E-state index contributed by atoms with van der Waals surface area (Å²) in [4.78, 5) is 34.2. The van der Waals surface area contributed by atoms with Crippen molar-refractivity contribution in [1.82, 2.24) is 9.88 Å². The largest absolute Gasteiger partial charge is 0.329 e. The second kappa shape index (κ2) is 8.00. The third kappa shape index (κ3) is 3.48. The van der Waals surface area contributed by atoms with Crippen LogP contribution in [0, 0.1) is 0 Å². The van der Waals surface area contributed by atoms with Gasteiger partial charge in [-0.15, -0.1) is 11.3 Å². The van der Waals surface area contributed by atoms with Gasteiger partial charge in [-0.3, -0.25) is 9.59 Å². The molecular formula is C23H22ClN3O2S. The molecule has 2 fully saturated rings. The Morgan fingerprint density at radius 3 is 2.77 bits per heavy atom. The van der Waals surface area contributed by atoms with Crippen molar-refractivity contribution in [3.05, 3.63) is 58.1 Å². The minimum Gasteiger partial charge on any atom is -0.329 e. The number of hydrogen-bond donors (Lipinski definition) is 0. The maximum absolute atomic E-state index is 13.5. The average Bonchev–Trinajstić information content (AvgIpc) is 3.39. The summed E-state index contributed by atoms with van der Waals surface area (Å²) in [6.45, 7) is 1.36. The van der Waals surface area contributed by atoms with E-state index in [1.54, 1.807) is 34.4 Å². The van der Waals surface area contributed by atoms with Gasteiger partial charge in [0.25, 0.3) is 5.91 Å². The molecule has 0 radical (unpaired) electrons. The van der Waals surface area contributed by atoms with E-state index in [1.807, 2.05) is 23.1 Å². The highest BCUT2D eigenvalue weighted by Crippen LogP contribution is 2.37. The zero-order valence-corrected chi connectivity index (χ0v) is 18.1. The lowest BCUT2D eigenvalue weighted by Gasteiger charge is -2.34. The number of rotatable bonds is 3. The molecular weight excluding hydrogens is 418 g/mol. The Hall–Kier alpha value is -2.44. The minimum absolute atomic E-state index is 0.0174. The van der Waals surface area contributed by atoms with Gasteiger partial charge in [0.2, 0.25) is 5.91 Å². The molecule has 0 bridgehead atoms. The number of nitrogens with zero attached hydrogens (tertiary/aromatic N) is 3. The van der Waals surface area contributed by atoms with Gasteiger partial charge in [-0.25, -0.2) is 4.98 Å². The number of benzene rings is 2. The molecule has 2 amide bonds. The molecule has 2 aliphatic heterocycles. The van der Waals surface area contributed by atoms with Gasteiger partial charge < -0.3 is 9.80 Å². The number of carbonyl (C=O) groups excluding carboxylic acids is 2. The van der Waals surface area contributed by atoms with Crippen LogP contribution >= 0.6 is 22.9 Å². The van der Waals surface area contributed by atoms with Crippen molar-refractivity contribution in [2.45, 2.75) is 38.1 Å². The monoisotopic (exact) mass is 439 g/mol. The van der Waals surface area contributed by atoms with Crippen LogP contribution < -0.4 is 4.90 Å². The molecule has 1 atom stereocenters. The number of likely N-dealkylation sites (tertiary alicyclic amines) is 1. The van der Waals surface area contributed by atoms with Crippen LogP contribution in [0.5, 0.6) is 0 Å². The van der Waals surface area contributed by atoms with E-state index in [2.05, 4.69) is 6.07 Å². The molecule has 3 aromatic rings. The van der Waals surface area contributed by atoms with Crippen LogP contribution in [0.1, 0.15) is 53.5 Å². The number of hydrogen-bond acceptors (Lipinski definition) is 4. The van der Waals surface area contributed by atoms with Gasteiger partial charge in [-0.2, -0.15) is 0 Å². The number of piperidine rings is 1. The van der Waals surface area contributed by atoms with Gasteiger partial charge in [0.15, 0.2) is 0 Å². The molecule has 3 heterocycles. The maximum Gasteiger partial charge on any atom is 0.254 e. The molecule has 30 heavy (non-hydrogen) atoms. The topological polar surface area (TPSA) is 53.5 Å². The van der Waals surface area contributed by atoms with Gasteiger partial charge >= 0.3 is 0 Å². The minimum atomic E-state index is -0.0245. The zero-order chi connectivity index (χ0) is 20.7. The highest BCUT2D eigenvalue weighted by atomic mass is 35.5. The molecule has 2 aromatic carbocycles. The fourth-order valence-corrected chi connectivity index (χ4v) is 5.72. The summed E-state index contributed by atoms with van der Waals surface area (Å²) in [5, 5.41) is 1.50. The van der Waals surface area contributed by atoms with Crippen LogP contribution in [-0.2, 0) is 4.79 Å². The molecule has 0 saturated carbocycles. The predicted molar refractivity (Wildman–Crippen MR) is 120 cm³/mol. The summed E-state index contributed by atoms with van der Waals surface area (Å²) in [5.74, 6) is 0.0374. The fraction of sp³-hybridized carbons (Fsp3) is 0.348. The molecule has 5 rings (SSSR count). The van der Waals surface area contributed by atoms with E-state index in [1.165, 1.54) is 0 Å². The normalized spacial score (nSPS) is 19.6. The first-order valence-electron chi connectivity index (χ1n) is 10.4. The van der Waals surface area contributed by atoms with E-state index in [9.17, 15) is 9.59 Å². The number of anilines is 1. The number of halogens is 1. The lowest BCUT2D eigenvalue weighted by Crippen LogP contribution is -2.38. The van der Waals surface area contributed by atoms with E-state index in [-0.39, 0.29) is 17.9 Å². The first kappa shape index (κ1) is 19.5. The van der Waals surface area contributed by atoms with Gasteiger partial charge in [-0.05, 0) is 56.0 Å². The Morgan fingerprint density at radius 2 is 1.97 bits per heavy atom. The number of thiazole rings is 1. The van der Waals surface area contributed by atoms with Crippen molar-refractivity contribution >= 4 is 50.7 Å². The second-order valence-electron chi connectivity index (χ2n) is 7.85. The Morgan fingerprint density at radius 1 is 1.10 bits per heavy atom. The molecule has 5 nitrogen and oxygen atoms in total. The molecule has 0 N–H and O–H groups in total. The van der Waals surface area contributed by atoms with Crippen molar-refractivity contribution in [2.75, 3.05) is 18.0 Å². The van der Waals surface area contributed by atoms with E-state index in [0.717, 1.165) is 40.9 Å². The molecule has 2 aliphatic rings. The highest BCUT2D eigenvalue weighted by molar-refractivity contribution is 7.18. The Bertz CT molecular complexity index is 1100. The third-order valence-corrected chi connectivity index (χ3v) is 7.37. The molecule has 0 spiro atoms. The van der Waals surface area contributed by atoms with Crippen LogP contribution in [0.25, 0.3) is 10.2 Å². The van der Waals surface area contributed by atoms with Crippen LogP contribution in [0.3, 0.4) is 0 Å². The lowest BCUT2D eigenvalue weighted by molar-refractivity contribution is -0.117. The second-order valence-corrected chi connectivity index (χ2v) is 9.31. The van der Waals surface area contributed by atoms with E-state index < -0.39 is 0 Å². The van der Waals surface area contributed by atoms with Gasteiger partial charge in [0, 0.05) is 25.1 Å². The fourth-order valence-electron chi connectivity index (χ4n) is 4.39. The standard InChI is InChI=1S/C23H22ClN3O2S/c24-16-11-10-15(14-19(16)26-13-5-9-21(26)28)23(29)27-12-4-3-7-18(27)22-25-17-6-1-2-8-20(17)30-22/h1-2,6,8,10-11,14,18H,3-5,7,9,12-13H2/t18-/m1/s1. The highest BCUT2D eigenvalue weighted by Gasteiger charge is 2.32. The first-order chi connectivity index (χ1) is 14.6. The van der Waals surface area contributed by atoms with Gasteiger partial charge in [0.1, 0.15) is 5.01 Å². The predicted octanol–water partition coefficient (Wildman–Crippen LogP) is 5.44. The van der Waals surface area contributed by atoms with Gasteiger partial charge in [0.05, 0.1) is 27.0 Å². The van der Waals surface area contributed by atoms with Crippen molar-refractivity contribution in [3.8, 4) is 0 Å². The summed E-state index contributed by atoms with van der Waals surface area (Å²) in [5.41, 5.74) is 2.19. The average molecular weight is 440 g/mol. The summed E-state index contributed by atoms with van der Waals surface area (Å²) in [6.07, 6.45) is 4.33. The van der Waals surface area contributed by atoms with Gasteiger partial charge in [-0.1, -0.05) is 23.7 Å². The van der Waals surface area contributed by atoms with Crippen molar-refractivity contribution in [2.24, 2.45) is 0 Å². The zero-order valence-electron chi connectivity index (χ0n) is 16.5. The van der Waals surface area contributed by atoms with Crippen molar-refractivity contribution in [3.63, 3.8) is 0 Å². The maximum atomic E-state index is 13.5. The number of amides is 2. The van der Waals surface area contributed by atoms with Crippen molar-refractivity contribution in [1.29, 1.82) is 0 Å². The van der Waals surface area contributed by atoms with E-state index >= 15 is 0 Å². The van der Waals surface area contributed by atoms with E-state index in [4.69, 9.17) is 16.6 Å². The molecule has 0 aliphatic carbocycles. The molecule has 154 valence electrons.